The van der Waals surface area contributed by atoms with E-state index in [0.29, 0.717) is 13.1 Å². The van der Waals surface area contributed by atoms with Gasteiger partial charge >= 0.3 is 0 Å². The zero-order valence-corrected chi connectivity index (χ0v) is 14.3. The summed E-state index contributed by atoms with van der Waals surface area (Å²) in [5.41, 5.74) is 4.26. The molecule has 0 bridgehead atoms. The molecule has 3 rings (SSSR count). The average molecular weight is 351 g/mol. The second-order valence-electron chi connectivity index (χ2n) is 6.11. The first-order valence-electron chi connectivity index (χ1n) is 8.45. The minimum absolute atomic E-state index is 0.0274. The summed E-state index contributed by atoms with van der Waals surface area (Å²) in [4.78, 5) is 27.8. The minimum atomic E-state index is -0.612. The number of hydroxylamine groups is 1. The normalized spacial score (nSPS) is 15.4. The van der Waals surface area contributed by atoms with Gasteiger partial charge < -0.3 is 4.90 Å². The molecule has 0 aliphatic carbocycles. The van der Waals surface area contributed by atoms with Gasteiger partial charge in [0.05, 0.1) is 12.2 Å². The second kappa shape index (κ2) is 8.42. The molecule has 0 unspecified atom stereocenters. The fraction of sp³-hybridized carbons (Fsp3) is 0.200. The van der Waals surface area contributed by atoms with Crippen LogP contribution in [0, 0.1) is 0 Å². The lowest BCUT2D eigenvalue weighted by molar-refractivity contribution is -0.124. The number of piperazine rings is 1. The van der Waals surface area contributed by atoms with Crippen LogP contribution in [0.1, 0.15) is 11.1 Å². The van der Waals surface area contributed by atoms with Crippen molar-refractivity contribution in [3.8, 4) is 0 Å². The summed E-state index contributed by atoms with van der Waals surface area (Å²) in [5, 5.41) is 8.60. The monoisotopic (exact) mass is 351 g/mol. The molecule has 2 aromatic rings. The third-order valence-corrected chi connectivity index (χ3v) is 4.30. The van der Waals surface area contributed by atoms with Gasteiger partial charge in [-0.05, 0) is 23.3 Å². The van der Waals surface area contributed by atoms with Crippen molar-refractivity contribution in [3.63, 3.8) is 0 Å². The molecule has 2 amide bonds. The minimum Gasteiger partial charge on any atom is -0.309 e. The van der Waals surface area contributed by atoms with Crippen LogP contribution >= 0.6 is 0 Å². The fourth-order valence-electron chi connectivity index (χ4n) is 3.03. The maximum atomic E-state index is 12.7. The van der Waals surface area contributed by atoms with E-state index in [4.69, 9.17) is 5.21 Å². The number of hydrogen-bond acceptors (Lipinski definition) is 4. The van der Waals surface area contributed by atoms with E-state index in [9.17, 15) is 9.59 Å². The third-order valence-electron chi connectivity index (χ3n) is 4.30. The molecule has 0 atom stereocenters. The molecule has 0 radical (unpaired) electrons. The summed E-state index contributed by atoms with van der Waals surface area (Å²) in [6.07, 6.45) is 2.82. The molecule has 1 saturated heterocycles. The van der Waals surface area contributed by atoms with Crippen LogP contribution in [0.4, 0.5) is 5.69 Å². The van der Waals surface area contributed by atoms with Crippen molar-refractivity contribution >= 4 is 23.6 Å². The van der Waals surface area contributed by atoms with Crippen LogP contribution in [0.2, 0.25) is 0 Å². The number of nitrogens with one attached hydrogen (secondary N) is 1. The Bertz CT molecular complexity index is 805. The van der Waals surface area contributed by atoms with Crippen LogP contribution in [-0.4, -0.2) is 41.6 Å². The van der Waals surface area contributed by atoms with Crippen LogP contribution in [0.5, 0.6) is 0 Å². The topological polar surface area (TPSA) is 72.9 Å². The molecule has 1 aliphatic heterocycles. The summed E-state index contributed by atoms with van der Waals surface area (Å²) in [6.45, 7) is 2.46. The van der Waals surface area contributed by atoms with Gasteiger partial charge in [-0.1, -0.05) is 48.5 Å². The van der Waals surface area contributed by atoms with E-state index in [-0.39, 0.29) is 5.91 Å². The molecule has 6 heteroatoms. The molecule has 0 spiro atoms. The van der Waals surface area contributed by atoms with Gasteiger partial charge in [0.25, 0.3) is 5.91 Å². The Morgan fingerprint density at radius 3 is 2.54 bits per heavy atom. The van der Waals surface area contributed by atoms with Gasteiger partial charge in [-0.2, -0.15) is 0 Å². The number of nitrogens with zero attached hydrogens (tertiary/aromatic N) is 2. The van der Waals surface area contributed by atoms with Crippen molar-refractivity contribution in [2.45, 2.75) is 6.54 Å². The summed E-state index contributed by atoms with van der Waals surface area (Å²) in [7, 11) is 0. The van der Waals surface area contributed by atoms with E-state index in [2.05, 4.69) is 17.0 Å². The first-order valence-corrected chi connectivity index (χ1v) is 8.45. The molecule has 134 valence electrons. The Labute approximate surface area is 152 Å². The highest BCUT2D eigenvalue weighted by Gasteiger charge is 2.26. The van der Waals surface area contributed by atoms with Crippen LogP contribution < -0.4 is 10.4 Å². The van der Waals surface area contributed by atoms with E-state index >= 15 is 0 Å². The highest BCUT2D eigenvalue weighted by atomic mass is 16.5. The lowest BCUT2D eigenvalue weighted by atomic mass is 10.1. The lowest BCUT2D eigenvalue weighted by Crippen LogP contribution is -2.50. The maximum Gasteiger partial charge on any atom is 0.267 e. The van der Waals surface area contributed by atoms with Gasteiger partial charge in [0.2, 0.25) is 5.91 Å². The number of rotatable bonds is 5. The van der Waals surface area contributed by atoms with Crippen LogP contribution in [0.15, 0.2) is 60.7 Å². The predicted molar refractivity (Wildman–Crippen MR) is 99.5 cm³/mol. The number of anilines is 1. The van der Waals surface area contributed by atoms with Gasteiger partial charge in [-0.3, -0.25) is 19.7 Å². The highest BCUT2D eigenvalue weighted by Crippen LogP contribution is 2.24. The Morgan fingerprint density at radius 2 is 1.81 bits per heavy atom. The average Bonchev–Trinajstić information content (AvgIpc) is 2.67. The van der Waals surface area contributed by atoms with Crippen molar-refractivity contribution in [2.24, 2.45) is 0 Å². The van der Waals surface area contributed by atoms with Gasteiger partial charge in [0, 0.05) is 25.7 Å². The number of para-hydroxylation sites is 1. The summed E-state index contributed by atoms with van der Waals surface area (Å²) >= 11 is 0. The predicted octanol–water partition coefficient (Wildman–Crippen LogP) is 2.05. The number of carbonyl (C=O) groups excluding carboxylic acids is 2. The smallest absolute Gasteiger partial charge is 0.267 e. The Morgan fingerprint density at radius 1 is 1.08 bits per heavy atom. The van der Waals surface area contributed by atoms with Crippen molar-refractivity contribution in [1.82, 2.24) is 10.4 Å². The summed E-state index contributed by atoms with van der Waals surface area (Å²) < 4.78 is 0. The summed E-state index contributed by atoms with van der Waals surface area (Å²) in [5.74, 6) is -0.585. The molecular formula is C20H21N3O3. The molecule has 0 saturated carbocycles. The van der Waals surface area contributed by atoms with Crippen LogP contribution in [-0.2, 0) is 16.1 Å². The van der Waals surface area contributed by atoms with Crippen molar-refractivity contribution in [2.75, 3.05) is 24.5 Å². The Kier molecular flexibility index (Phi) is 5.78. The van der Waals surface area contributed by atoms with Gasteiger partial charge in [-0.15, -0.1) is 0 Å². The standard InChI is InChI=1S/C20H21N3O3/c24-19(21-26)11-10-17-8-4-5-9-18(17)23-13-12-22(15-20(23)25)14-16-6-2-1-3-7-16/h1-11,26H,12-15H2,(H,21,24). The fourth-order valence-corrected chi connectivity index (χ4v) is 3.03. The molecule has 1 fully saturated rings. The zero-order chi connectivity index (χ0) is 18.4. The van der Waals surface area contributed by atoms with Crippen LogP contribution in [0.3, 0.4) is 0 Å². The Balaban J connectivity index is 1.71. The molecule has 2 aromatic carbocycles. The molecule has 1 heterocycles. The first kappa shape index (κ1) is 17.8. The maximum absolute atomic E-state index is 12.7. The lowest BCUT2D eigenvalue weighted by Gasteiger charge is -2.35. The molecule has 6 nitrogen and oxygen atoms in total. The van der Waals surface area contributed by atoms with E-state index in [1.54, 1.807) is 16.5 Å². The molecule has 26 heavy (non-hydrogen) atoms. The van der Waals surface area contributed by atoms with Gasteiger partial charge in [0.15, 0.2) is 0 Å². The van der Waals surface area contributed by atoms with Gasteiger partial charge in [-0.25, -0.2) is 5.48 Å². The van der Waals surface area contributed by atoms with Gasteiger partial charge in [0.1, 0.15) is 0 Å². The second-order valence-corrected chi connectivity index (χ2v) is 6.11. The van der Waals surface area contributed by atoms with Crippen LogP contribution in [0.25, 0.3) is 6.08 Å². The molecule has 1 aliphatic rings. The number of amides is 2. The zero-order valence-electron chi connectivity index (χ0n) is 14.3. The van der Waals surface area contributed by atoms with E-state index < -0.39 is 5.91 Å². The number of hydrogen-bond donors (Lipinski definition) is 2. The Hall–Kier alpha value is -2.96. The van der Waals surface area contributed by atoms with Crippen molar-refractivity contribution < 1.29 is 14.8 Å². The largest absolute Gasteiger partial charge is 0.309 e. The SMILES string of the molecule is O=C(C=Cc1ccccc1N1CCN(Cc2ccccc2)CC1=O)NO. The van der Waals surface area contributed by atoms with E-state index in [0.717, 1.165) is 24.3 Å². The molecular weight excluding hydrogens is 330 g/mol. The van der Waals surface area contributed by atoms with Crippen molar-refractivity contribution in [1.29, 1.82) is 0 Å². The third kappa shape index (κ3) is 4.36. The summed E-state index contributed by atoms with van der Waals surface area (Å²) in [6, 6.07) is 17.5. The highest BCUT2D eigenvalue weighted by molar-refractivity contribution is 5.98. The van der Waals surface area contributed by atoms with E-state index in [1.807, 2.05) is 42.5 Å². The number of benzene rings is 2. The first-order chi connectivity index (χ1) is 12.7. The van der Waals surface area contributed by atoms with Crippen molar-refractivity contribution in [3.05, 3.63) is 71.8 Å². The number of carbonyl (C=O) groups is 2. The molecule has 0 aromatic heterocycles. The quantitative estimate of drug-likeness (QED) is 0.491. The van der Waals surface area contributed by atoms with E-state index in [1.165, 1.54) is 11.6 Å². The molecule has 2 N–H and O–H groups in total.